The van der Waals surface area contributed by atoms with Crippen LogP contribution in [0.3, 0.4) is 0 Å². The van der Waals surface area contributed by atoms with E-state index in [2.05, 4.69) is 20.3 Å². The third-order valence-electron chi connectivity index (χ3n) is 2.78. The summed E-state index contributed by atoms with van der Waals surface area (Å²) in [5, 5.41) is 12.5. The molecule has 0 amide bonds. The van der Waals surface area contributed by atoms with Gasteiger partial charge in [-0.2, -0.15) is 5.10 Å². The van der Waals surface area contributed by atoms with Crippen LogP contribution in [0.1, 0.15) is 11.5 Å². The van der Waals surface area contributed by atoms with Crippen LogP contribution in [0.15, 0.2) is 46.6 Å². The van der Waals surface area contributed by atoms with Crippen LogP contribution in [0.5, 0.6) is 5.75 Å². The Morgan fingerprint density at radius 2 is 2.27 bits per heavy atom. The molecule has 114 valence electrons. The van der Waals surface area contributed by atoms with Crippen molar-refractivity contribution in [1.82, 2.24) is 25.0 Å². The Labute approximate surface area is 131 Å². The fourth-order valence-electron chi connectivity index (χ4n) is 1.81. The molecule has 2 aromatic heterocycles. The summed E-state index contributed by atoms with van der Waals surface area (Å²) in [5.41, 5.74) is 1.18. The average molecular weight is 317 g/mol. The Kier molecular flexibility index (Phi) is 4.69. The van der Waals surface area contributed by atoms with E-state index in [1.807, 2.05) is 31.2 Å². The highest BCUT2D eigenvalue weighted by Crippen LogP contribution is 2.17. The zero-order valence-corrected chi connectivity index (χ0v) is 12.9. The summed E-state index contributed by atoms with van der Waals surface area (Å²) in [4.78, 5) is 3.86. The van der Waals surface area contributed by atoms with Gasteiger partial charge < -0.3 is 9.15 Å². The summed E-state index contributed by atoms with van der Waals surface area (Å²) in [5.74, 6) is 2.12. The molecule has 8 heteroatoms. The normalized spacial score (nSPS) is 10.8. The van der Waals surface area contributed by atoms with Crippen molar-refractivity contribution in [2.24, 2.45) is 0 Å². The van der Waals surface area contributed by atoms with Crippen molar-refractivity contribution in [1.29, 1.82) is 0 Å². The summed E-state index contributed by atoms with van der Waals surface area (Å²) in [6, 6.07) is 7.97. The molecule has 0 unspecified atom stereocenters. The maximum Gasteiger partial charge on any atom is 0.276 e. The molecule has 0 aliphatic rings. The predicted molar refractivity (Wildman–Crippen MR) is 80.8 cm³/mol. The van der Waals surface area contributed by atoms with Gasteiger partial charge in [0.25, 0.3) is 5.22 Å². The minimum absolute atomic E-state index is 0.424. The third-order valence-corrected chi connectivity index (χ3v) is 3.56. The lowest BCUT2D eigenvalue weighted by Gasteiger charge is -2.05. The second-order valence-electron chi connectivity index (χ2n) is 4.57. The molecule has 22 heavy (non-hydrogen) atoms. The van der Waals surface area contributed by atoms with Crippen LogP contribution in [-0.4, -0.2) is 37.3 Å². The molecular formula is C14H15N5O2S. The monoisotopic (exact) mass is 317 g/mol. The van der Waals surface area contributed by atoms with Gasteiger partial charge in [-0.25, -0.2) is 9.67 Å². The Bertz CT molecular complexity index is 714. The van der Waals surface area contributed by atoms with Crippen LogP contribution in [-0.2, 0) is 6.54 Å². The Hall–Kier alpha value is -2.35. The first-order valence-electron chi connectivity index (χ1n) is 6.77. The molecule has 0 fully saturated rings. The highest BCUT2D eigenvalue weighted by Gasteiger charge is 2.07. The molecule has 0 aliphatic heterocycles. The van der Waals surface area contributed by atoms with E-state index in [0.29, 0.717) is 24.3 Å². The fourth-order valence-corrected chi connectivity index (χ4v) is 2.40. The minimum Gasteiger partial charge on any atom is -0.493 e. The number of aryl methyl sites for hydroxylation is 1. The maximum atomic E-state index is 5.67. The molecule has 7 nitrogen and oxygen atoms in total. The smallest absolute Gasteiger partial charge is 0.276 e. The summed E-state index contributed by atoms with van der Waals surface area (Å²) < 4.78 is 12.8. The second-order valence-corrected chi connectivity index (χ2v) is 5.61. The largest absolute Gasteiger partial charge is 0.493 e. The van der Waals surface area contributed by atoms with Gasteiger partial charge in [0.1, 0.15) is 24.9 Å². The van der Waals surface area contributed by atoms with Gasteiger partial charge >= 0.3 is 0 Å². The standard InChI is InChI=1S/C14H15N5O2S/c1-11-3-2-4-12(7-11)20-5-6-22-14-18-17-13(21-14)8-19-10-15-9-16-19/h2-4,7,9-10H,5-6,8H2,1H3. The average Bonchev–Trinajstić information content (AvgIpc) is 3.16. The molecule has 0 aliphatic carbocycles. The molecular weight excluding hydrogens is 302 g/mol. The summed E-state index contributed by atoms with van der Waals surface area (Å²) in [7, 11) is 0. The first-order valence-corrected chi connectivity index (χ1v) is 7.75. The zero-order valence-electron chi connectivity index (χ0n) is 12.0. The highest BCUT2D eigenvalue weighted by atomic mass is 32.2. The van der Waals surface area contributed by atoms with Crippen molar-refractivity contribution in [3.63, 3.8) is 0 Å². The van der Waals surface area contributed by atoms with Gasteiger partial charge in [0, 0.05) is 5.75 Å². The molecule has 3 rings (SSSR count). The van der Waals surface area contributed by atoms with Crippen molar-refractivity contribution >= 4 is 11.8 Å². The van der Waals surface area contributed by atoms with E-state index in [1.165, 1.54) is 23.7 Å². The number of rotatable bonds is 7. The van der Waals surface area contributed by atoms with Crippen molar-refractivity contribution in [2.45, 2.75) is 18.7 Å². The lowest BCUT2D eigenvalue weighted by molar-refractivity contribution is 0.342. The van der Waals surface area contributed by atoms with Crippen LogP contribution in [0.25, 0.3) is 0 Å². The van der Waals surface area contributed by atoms with E-state index in [4.69, 9.17) is 9.15 Å². The minimum atomic E-state index is 0.424. The fraction of sp³-hybridized carbons (Fsp3) is 0.286. The van der Waals surface area contributed by atoms with Crippen LogP contribution < -0.4 is 4.74 Å². The van der Waals surface area contributed by atoms with Crippen molar-refractivity contribution in [3.8, 4) is 5.75 Å². The molecule has 0 saturated carbocycles. The molecule has 0 bridgehead atoms. The number of aromatic nitrogens is 5. The van der Waals surface area contributed by atoms with E-state index >= 15 is 0 Å². The molecule has 0 spiro atoms. The molecule has 0 radical (unpaired) electrons. The van der Waals surface area contributed by atoms with Crippen LogP contribution in [0, 0.1) is 6.92 Å². The van der Waals surface area contributed by atoms with Crippen molar-refractivity contribution in [3.05, 3.63) is 48.4 Å². The Morgan fingerprint density at radius 3 is 3.09 bits per heavy atom. The first-order chi connectivity index (χ1) is 10.8. The van der Waals surface area contributed by atoms with Gasteiger partial charge in [0.15, 0.2) is 0 Å². The zero-order chi connectivity index (χ0) is 15.2. The number of benzene rings is 1. The number of nitrogens with zero attached hydrogens (tertiary/aromatic N) is 5. The summed E-state index contributed by atoms with van der Waals surface area (Å²) in [6.07, 6.45) is 3.07. The second kappa shape index (κ2) is 7.08. The SMILES string of the molecule is Cc1cccc(OCCSc2nnc(Cn3cncn3)o2)c1. The van der Waals surface area contributed by atoms with Crippen LogP contribution in [0.2, 0.25) is 0 Å². The molecule has 0 atom stereocenters. The van der Waals surface area contributed by atoms with Crippen LogP contribution >= 0.6 is 11.8 Å². The van der Waals surface area contributed by atoms with Crippen LogP contribution in [0.4, 0.5) is 0 Å². The van der Waals surface area contributed by atoms with E-state index in [9.17, 15) is 0 Å². The van der Waals surface area contributed by atoms with E-state index in [-0.39, 0.29) is 0 Å². The topological polar surface area (TPSA) is 78.9 Å². The van der Waals surface area contributed by atoms with Gasteiger partial charge in [0.05, 0.1) is 6.61 Å². The quantitative estimate of drug-likeness (QED) is 0.488. The molecule has 0 N–H and O–H groups in total. The lowest BCUT2D eigenvalue weighted by atomic mass is 10.2. The lowest BCUT2D eigenvalue weighted by Crippen LogP contribution is -2.00. The Morgan fingerprint density at radius 1 is 1.32 bits per heavy atom. The number of hydrogen-bond donors (Lipinski definition) is 0. The van der Waals surface area contributed by atoms with Gasteiger partial charge in [0.2, 0.25) is 5.89 Å². The van der Waals surface area contributed by atoms with E-state index in [0.717, 1.165) is 11.5 Å². The highest BCUT2D eigenvalue weighted by molar-refractivity contribution is 7.99. The predicted octanol–water partition coefficient (Wildman–Crippen LogP) is 2.19. The maximum absolute atomic E-state index is 5.67. The van der Waals surface area contributed by atoms with Gasteiger partial charge in [-0.1, -0.05) is 23.9 Å². The Balaban J connectivity index is 1.43. The molecule has 2 heterocycles. The summed E-state index contributed by atoms with van der Waals surface area (Å²) in [6.45, 7) is 3.04. The van der Waals surface area contributed by atoms with Gasteiger partial charge in [-0.3, -0.25) is 0 Å². The first kappa shape index (κ1) is 14.6. The van der Waals surface area contributed by atoms with E-state index < -0.39 is 0 Å². The van der Waals surface area contributed by atoms with Gasteiger partial charge in [-0.15, -0.1) is 10.2 Å². The number of hydrogen-bond acceptors (Lipinski definition) is 7. The molecule has 3 aromatic rings. The number of ether oxygens (including phenoxy) is 1. The van der Waals surface area contributed by atoms with Crippen molar-refractivity contribution < 1.29 is 9.15 Å². The third kappa shape index (κ3) is 4.08. The van der Waals surface area contributed by atoms with Crippen molar-refractivity contribution in [2.75, 3.05) is 12.4 Å². The molecule has 0 saturated heterocycles. The molecule has 1 aromatic carbocycles. The summed E-state index contributed by atoms with van der Waals surface area (Å²) >= 11 is 1.47. The number of thioether (sulfide) groups is 1. The van der Waals surface area contributed by atoms with E-state index in [1.54, 1.807) is 11.0 Å². The van der Waals surface area contributed by atoms with Gasteiger partial charge in [-0.05, 0) is 24.6 Å².